The molecular formula is C16H22BrN4NiS. The molecule has 2 bridgehead atoms. The first-order valence-electron chi connectivity index (χ1n) is 7.82. The van der Waals surface area contributed by atoms with Crippen LogP contribution in [0.3, 0.4) is 0 Å². The number of aromatic nitrogens is 1. The average molecular weight is 441 g/mol. The molecule has 1 saturated carbocycles. The van der Waals surface area contributed by atoms with E-state index in [-0.39, 0.29) is 0 Å². The van der Waals surface area contributed by atoms with E-state index in [1.165, 1.54) is 25.7 Å². The molecule has 3 fully saturated rings. The number of pyridine rings is 1. The van der Waals surface area contributed by atoms with Crippen LogP contribution in [-0.4, -0.2) is 33.8 Å². The van der Waals surface area contributed by atoms with Gasteiger partial charge in [-0.25, -0.2) is 4.90 Å². The van der Waals surface area contributed by atoms with Crippen molar-refractivity contribution in [3.8, 4) is 0 Å². The minimum absolute atomic E-state index is 0.740. The van der Waals surface area contributed by atoms with Gasteiger partial charge in [0.1, 0.15) is 0 Å². The molecule has 129 valence electrons. The molecule has 3 heterocycles. The van der Waals surface area contributed by atoms with Crippen molar-refractivity contribution in [2.24, 2.45) is 16.9 Å². The fourth-order valence-corrected chi connectivity index (χ4v) is 3.48. The van der Waals surface area contributed by atoms with E-state index in [0.717, 1.165) is 41.4 Å². The maximum absolute atomic E-state index is 4.57. The summed E-state index contributed by atoms with van der Waals surface area (Å²) in [6, 6.07) is 5.80. The molecule has 4 rings (SSSR count). The van der Waals surface area contributed by atoms with Gasteiger partial charge < -0.3 is 10.5 Å². The molecule has 0 atom stereocenters. The van der Waals surface area contributed by atoms with Crippen LogP contribution in [0.4, 0.5) is 0 Å². The number of hydrogen-bond acceptors (Lipinski definition) is 2. The number of rotatable bonds is 2. The fourth-order valence-electron chi connectivity index (χ4n) is 3.27. The van der Waals surface area contributed by atoms with Gasteiger partial charge in [-0.05, 0) is 56.6 Å². The SMILES string of the molecule is CC(=N[N-]C(=[SH+])N1CC2CCC(CC2)C1)c1ccccn1.[Ni][Br]. The van der Waals surface area contributed by atoms with Gasteiger partial charge in [-0.15, -0.1) is 0 Å². The average Bonchev–Trinajstić information content (AvgIpc) is 2.96. The molecule has 7 heteroatoms. The summed E-state index contributed by atoms with van der Waals surface area (Å²) >= 11 is 10.8. The van der Waals surface area contributed by atoms with Crippen molar-refractivity contribution in [3.05, 3.63) is 35.5 Å². The van der Waals surface area contributed by atoms with Crippen molar-refractivity contribution in [2.45, 2.75) is 32.6 Å². The van der Waals surface area contributed by atoms with Crippen LogP contribution < -0.4 is 0 Å². The Morgan fingerprint density at radius 1 is 1.26 bits per heavy atom. The zero-order valence-electron chi connectivity index (χ0n) is 13.1. The Labute approximate surface area is 158 Å². The van der Waals surface area contributed by atoms with E-state index in [9.17, 15) is 0 Å². The summed E-state index contributed by atoms with van der Waals surface area (Å²) in [5.41, 5.74) is 6.00. The Kier molecular flexibility index (Phi) is 8.10. The third-order valence-corrected chi connectivity index (χ3v) is 4.90. The first-order chi connectivity index (χ1) is 11.2. The number of halogens is 1. The van der Waals surface area contributed by atoms with Crippen LogP contribution in [0.25, 0.3) is 5.43 Å². The van der Waals surface area contributed by atoms with Gasteiger partial charge in [0, 0.05) is 25.0 Å². The first kappa shape index (κ1) is 19.0. The Hall–Kier alpha value is -0.356. The van der Waals surface area contributed by atoms with Crippen LogP contribution in [0.15, 0.2) is 29.5 Å². The molecule has 2 saturated heterocycles. The van der Waals surface area contributed by atoms with Gasteiger partial charge in [0.2, 0.25) is 0 Å². The van der Waals surface area contributed by atoms with Crippen molar-refractivity contribution in [1.29, 1.82) is 0 Å². The summed E-state index contributed by atoms with van der Waals surface area (Å²) in [7, 11) is 0. The Morgan fingerprint density at radius 2 is 1.87 bits per heavy atom. The van der Waals surface area contributed by atoms with Gasteiger partial charge in [0.15, 0.2) is 17.3 Å². The summed E-state index contributed by atoms with van der Waals surface area (Å²) in [6.45, 7) is 4.09. The monoisotopic (exact) mass is 439 g/mol. The van der Waals surface area contributed by atoms with Gasteiger partial charge in [-0.1, -0.05) is 6.07 Å². The zero-order valence-corrected chi connectivity index (χ0v) is 16.6. The molecule has 3 aliphatic rings. The number of nitrogens with zero attached hydrogens (tertiary/aromatic N) is 4. The quantitative estimate of drug-likeness (QED) is 0.176. The molecule has 4 nitrogen and oxygen atoms in total. The van der Waals surface area contributed by atoms with Crippen LogP contribution in [0.1, 0.15) is 38.3 Å². The van der Waals surface area contributed by atoms with Gasteiger partial charge in [0.25, 0.3) is 0 Å². The van der Waals surface area contributed by atoms with Gasteiger partial charge >= 0.3 is 27.9 Å². The van der Waals surface area contributed by atoms with Crippen molar-refractivity contribution in [2.75, 3.05) is 13.1 Å². The summed E-state index contributed by atoms with van der Waals surface area (Å²) in [6.07, 6.45) is 7.21. The molecule has 0 unspecified atom stereocenters. The zero-order chi connectivity index (χ0) is 16.7. The van der Waals surface area contributed by atoms with Crippen molar-refractivity contribution >= 4 is 37.3 Å². The second-order valence-electron chi connectivity index (χ2n) is 6.09. The predicted molar refractivity (Wildman–Crippen MR) is 99.5 cm³/mol. The van der Waals surface area contributed by atoms with Crippen molar-refractivity contribution < 1.29 is 13.7 Å². The predicted octanol–water partition coefficient (Wildman–Crippen LogP) is 3.51. The van der Waals surface area contributed by atoms with Crippen LogP contribution in [-0.2, 0) is 25.9 Å². The van der Waals surface area contributed by atoms with Crippen LogP contribution in [0.5, 0.6) is 0 Å². The Balaban J connectivity index is 0.000000924. The molecule has 1 aliphatic carbocycles. The molecule has 0 N–H and O–H groups in total. The van der Waals surface area contributed by atoms with Crippen LogP contribution in [0.2, 0.25) is 0 Å². The summed E-state index contributed by atoms with van der Waals surface area (Å²) in [4.78, 5) is 6.58. The molecule has 1 aromatic heterocycles. The van der Waals surface area contributed by atoms with E-state index in [1.807, 2.05) is 25.1 Å². The van der Waals surface area contributed by atoms with Crippen molar-refractivity contribution in [1.82, 2.24) is 9.88 Å². The minimum atomic E-state index is 0.740. The summed E-state index contributed by atoms with van der Waals surface area (Å²) in [5.74, 6) is 1.61. The van der Waals surface area contributed by atoms with E-state index in [2.05, 4.69) is 60.5 Å². The molecular weight excluding hydrogens is 419 g/mol. The van der Waals surface area contributed by atoms with E-state index in [1.54, 1.807) is 6.20 Å². The number of thiol groups is 1. The third kappa shape index (κ3) is 5.59. The molecule has 0 aromatic carbocycles. The standard InChI is InChI=1S/C16H22N4S.BrH.Ni/c1-12(15-4-2-3-9-17-15)18-19-16(21)20-10-13-5-6-14(11-20)8-7-13;;/h2-4,9,13-14H,5-8,10-11H2,1H3,(H,17,19,21);1H;/q;;+1/p-1. The number of fused-ring (bicyclic) bond motifs is 4. The molecule has 0 radical (unpaired) electrons. The molecule has 0 amide bonds. The summed E-state index contributed by atoms with van der Waals surface area (Å²) in [5, 5.41) is 5.03. The van der Waals surface area contributed by atoms with E-state index in [4.69, 9.17) is 0 Å². The third-order valence-electron chi connectivity index (χ3n) is 4.53. The first-order valence-corrected chi connectivity index (χ1v) is 10.7. The molecule has 1 aromatic rings. The van der Waals surface area contributed by atoms with Gasteiger partial charge in [-0.3, -0.25) is 4.98 Å². The molecule has 23 heavy (non-hydrogen) atoms. The fraction of sp³-hybridized carbons (Fsp3) is 0.562. The number of hydrogen-bond donors (Lipinski definition) is 0. The molecule has 2 aliphatic heterocycles. The Morgan fingerprint density at radius 3 is 2.39 bits per heavy atom. The summed E-state index contributed by atoms with van der Waals surface area (Å²) < 4.78 is 0. The topological polar surface area (TPSA) is 42.6 Å². The second-order valence-corrected chi connectivity index (χ2v) is 6.49. The van der Waals surface area contributed by atoms with Crippen molar-refractivity contribution in [3.63, 3.8) is 0 Å². The Bertz CT molecular complexity index is 518. The second kappa shape index (κ2) is 9.82. The molecule has 0 spiro atoms. The normalized spacial score (nSPS) is 24.4. The van der Waals surface area contributed by atoms with Crippen LogP contribution >= 0.6 is 14.2 Å². The van der Waals surface area contributed by atoms with E-state index < -0.39 is 0 Å². The van der Waals surface area contributed by atoms with Gasteiger partial charge in [-0.2, -0.15) is 0 Å². The van der Waals surface area contributed by atoms with E-state index in [0.29, 0.717) is 0 Å². The van der Waals surface area contributed by atoms with E-state index >= 15 is 0 Å². The van der Waals surface area contributed by atoms with Crippen LogP contribution in [0, 0.1) is 11.8 Å². The maximum atomic E-state index is 4.57. The van der Waals surface area contributed by atoms with Gasteiger partial charge in [0.05, 0.1) is 5.69 Å².